The number of aromatic nitrogens is 2. The predicted octanol–water partition coefficient (Wildman–Crippen LogP) is 2.08. The molecule has 0 aromatic heterocycles. The lowest BCUT2D eigenvalue weighted by Crippen LogP contribution is -2.31. The number of carbonyl (C=O) groups is 1. The minimum atomic E-state index is 0.212. The van der Waals surface area contributed by atoms with Gasteiger partial charge in [-0.1, -0.05) is 0 Å². The molecule has 122 valence electrons. The first-order chi connectivity index (χ1) is 11.3. The molecular formula is C18H24N4O. The van der Waals surface area contributed by atoms with Gasteiger partial charge in [-0.25, -0.2) is 4.98 Å². The molecule has 2 fully saturated rings. The van der Waals surface area contributed by atoms with Crippen molar-refractivity contribution in [3.63, 3.8) is 0 Å². The third kappa shape index (κ3) is 2.98. The van der Waals surface area contributed by atoms with Crippen molar-refractivity contribution < 1.29 is 4.79 Å². The van der Waals surface area contributed by atoms with Gasteiger partial charge in [-0.2, -0.15) is 0 Å². The minimum absolute atomic E-state index is 0.212. The molecule has 0 bridgehead atoms. The van der Waals surface area contributed by atoms with Crippen molar-refractivity contribution in [2.45, 2.75) is 38.1 Å². The second kappa shape index (κ2) is 6.32. The molecule has 1 N–H and O–H groups in total. The van der Waals surface area contributed by atoms with Crippen molar-refractivity contribution in [1.82, 2.24) is 19.8 Å². The van der Waals surface area contributed by atoms with Crippen LogP contribution in [0.1, 0.15) is 37.3 Å². The fourth-order valence-electron chi connectivity index (χ4n) is 3.77. The van der Waals surface area contributed by atoms with E-state index in [9.17, 15) is 4.79 Å². The van der Waals surface area contributed by atoms with Crippen LogP contribution < -0.4 is 5.32 Å². The summed E-state index contributed by atoms with van der Waals surface area (Å²) in [5.74, 6) is 1.66. The van der Waals surface area contributed by atoms with Crippen LogP contribution in [0, 0.1) is 0 Å². The number of nitrogens with one attached hydrogen (secondary N) is 1. The zero-order chi connectivity index (χ0) is 15.6. The highest BCUT2D eigenvalue weighted by Crippen LogP contribution is 2.29. The fraction of sp³-hybridized carbons (Fsp3) is 0.556. The Morgan fingerprint density at radius 2 is 2.17 bits per heavy atom. The van der Waals surface area contributed by atoms with E-state index in [0.717, 1.165) is 50.4 Å². The molecule has 1 unspecified atom stereocenters. The van der Waals surface area contributed by atoms with Gasteiger partial charge >= 0.3 is 0 Å². The Bertz CT molecular complexity index is 653. The quantitative estimate of drug-likeness (QED) is 0.944. The number of pyridine rings is 1. The number of hydrogen-bond acceptors (Lipinski definition) is 3. The van der Waals surface area contributed by atoms with Gasteiger partial charge in [-0.05, 0) is 50.4 Å². The van der Waals surface area contributed by atoms with Crippen molar-refractivity contribution in [2.75, 3.05) is 26.2 Å². The average Bonchev–Trinajstić information content (AvgIpc) is 3.26. The van der Waals surface area contributed by atoms with Crippen molar-refractivity contribution in [2.24, 2.45) is 0 Å². The molecule has 4 rings (SSSR count). The van der Waals surface area contributed by atoms with Gasteiger partial charge in [-0.3, -0.25) is 4.79 Å². The Labute approximate surface area is 137 Å². The highest BCUT2D eigenvalue weighted by Gasteiger charge is 2.23. The van der Waals surface area contributed by atoms with E-state index in [2.05, 4.69) is 17.4 Å². The third-order valence-corrected chi connectivity index (χ3v) is 5.09. The minimum Gasteiger partial charge on any atom is -0.341 e. The highest BCUT2D eigenvalue weighted by atomic mass is 16.2. The first kappa shape index (κ1) is 14.7. The zero-order valence-corrected chi connectivity index (χ0v) is 13.5. The molecule has 5 nitrogen and oxygen atoms in total. The standard InChI is InChI=1S/C18H24N4O/c23-17(21-8-1-2-9-21)13-22-10-4-6-14-11-16(20-18(14)22)15-5-3-7-19-12-15/h4,6,10-11,15,19H,1-3,5,7-9,12-13H2. The fourth-order valence-corrected chi connectivity index (χ4v) is 3.77. The summed E-state index contributed by atoms with van der Waals surface area (Å²) in [6.45, 7) is 4.33. The lowest BCUT2D eigenvalue weighted by molar-refractivity contribution is -0.130. The van der Waals surface area contributed by atoms with Gasteiger partial charge in [0.25, 0.3) is 0 Å². The monoisotopic (exact) mass is 312 g/mol. The molecule has 0 spiro atoms. The van der Waals surface area contributed by atoms with Crippen LogP contribution in [0.3, 0.4) is 0 Å². The number of rotatable bonds is 3. The predicted molar refractivity (Wildman–Crippen MR) is 89.5 cm³/mol. The summed E-state index contributed by atoms with van der Waals surface area (Å²) >= 11 is 0. The van der Waals surface area contributed by atoms with Crippen LogP contribution in [0.4, 0.5) is 0 Å². The molecule has 1 atom stereocenters. The number of amides is 1. The average molecular weight is 312 g/mol. The molecule has 5 heteroatoms. The van der Waals surface area contributed by atoms with Gasteiger partial charge in [-0.15, -0.1) is 0 Å². The lowest BCUT2D eigenvalue weighted by atomic mass is 9.96. The van der Waals surface area contributed by atoms with Gasteiger partial charge in [0.1, 0.15) is 12.4 Å². The van der Waals surface area contributed by atoms with Gasteiger partial charge in [0.2, 0.25) is 5.91 Å². The molecule has 0 aromatic carbocycles. The van der Waals surface area contributed by atoms with Crippen molar-refractivity contribution in [3.05, 3.63) is 30.1 Å². The summed E-state index contributed by atoms with van der Waals surface area (Å²) in [6.07, 6.45) is 6.65. The summed E-state index contributed by atoms with van der Waals surface area (Å²) in [6, 6.07) is 6.31. The lowest BCUT2D eigenvalue weighted by Gasteiger charge is -2.21. The molecule has 0 radical (unpaired) electrons. The Hall–Kier alpha value is -1.88. The maximum absolute atomic E-state index is 12.4. The van der Waals surface area contributed by atoms with Gasteiger partial charge in [0.05, 0.1) is 0 Å². The highest BCUT2D eigenvalue weighted by molar-refractivity contribution is 5.77. The van der Waals surface area contributed by atoms with Crippen LogP contribution in [0.25, 0.3) is 11.4 Å². The maximum atomic E-state index is 12.4. The van der Waals surface area contributed by atoms with Crippen LogP contribution in [-0.4, -0.2) is 46.5 Å². The van der Waals surface area contributed by atoms with Crippen LogP contribution in [0.5, 0.6) is 0 Å². The van der Waals surface area contributed by atoms with E-state index in [-0.39, 0.29) is 5.91 Å². The maximum Gasteiger partial charge on any atom is 0.242 e. The van der Waals surface area contributed by atoms with Crippen molar-refractivity contribution in [1.29, 1.82) is 0 Å². The molecular weight excluding hydrogens is 288 g/mol. The Morgan fingerprint density at radius 1 is 1.30 bits per heavy atom. The number of carbonyl (C=O) groups excluding carboxylic acids is 1. The molecule has 1 amide bonds. The third-order valence-electron chi connectivity index (χ3n) is 5.09. The molecule has 4 aliphatic rings. The second-order valence-electron chi connectivity index (χ2n) is 6.73. The van der Waals surface area contributed by atoms with Crippen LogP contribution in [0.15, 0.2) is 24.4 Å². The molecule has 0 saturated carbocycles. The van der Waals surface area contributed by atoms with E-state index >= 15 is 0 Å². The summed E-state index contributed by atoms with van der Waals surface area (Å²) in [5, 5.41) is 3.45. The molecule has 0 aromatic rings. The topological polar surface area (TPSA) is 50.2 Å². The van der Waals surface area contributed by atoms with E-state index < -0.39 is 0 Å². The Balaban J connectivity index is 1.57. The summed E-state index contributed by atoms with van der Waals surface area (Å²) < 4.78 is 2.01. The van der Waals surface area contributed by atoms with E-state index in [4.69, 9.17) is 4.98 Å². The summed E-state index contributed by atoms with van der Waals surface area (Å²) in [7, 11) is 0. The van der Waals surface area contributed by atoms with Gasteiger partial charge in [0, 0.05) is 43.0 Å². The van der Waals surface area contributed by atoms with Crippen molar-refractivity contribution in [3.8, 4) is 11.4 Å². The van der Waals surface area contributed by atoms with Gasteiger partial charge < -0.3 is 14.8 Å². The van der Waals surface area contributed by atoms with Crippen LogP contribution >= 0.6 is 0 Å². The molecule has 23 heavy (non-hydrogen) atoms. The normalized spacial score (nSPS) is 21.9. The van der Waals surface area contributed by atoms with Gasteiger partial charge in [0.15, 0.2) is 0 Å². The Morgan fingerprint density at radius 3 is 2.96 bits per heavy atom. The zero-order valence-electron chi connectivity index (χ0n) is 13.5. The SMILES string of the molecule is O=C(Cn1cccc2cc(C3CCCNC3)nc1-2)N1CCCC1. The largest absolute Gasteiger partial charge is 0.341 e. The second-order valence-corrected chi connectivity index (χ2v) is 6.73. The Kier molecular flexibility index (Phi) is 4.04. The summed E-state index contributed by atoms with van der Waals surface area (Å²) in [4.78, 5) is 19.3. The number of nitrogens with zero attached hydrogens (tertiary/aromatic N) is 3. The number of piperidine rings is 1. The molecule has 0 aliphatic carbocycles. The number of fused-ring (bicyclic) bond motifs is 1. The number of hydrogen-bond donors (Lipinski definition) is 1. The van der Waals surface area contributed by atoms with E-state index in [0.29, 0.717) is 12.5 Å². The van der Waals surface area contributed by atoms with Crippen LogP contribution in [0.2, 0.25) is 0 Å². The smallest absolute Gasteiger partial charge is 0.242 e. The van der Waals surface area contributed by atoms with E-state index in [1.54, 1.807) is 0 Å². The van der Waals surface area contributed by atoms with E-state index in [1.165, 1.54) is 18.5 Å². The van der Waals surface area contributed by atoms with Crippen LogP contribution in [-0.2, 0) is 11.3 Å². The number of likely N-dealkylation sites (tertiary alicyclic amines) is 1. The molecule has 4 aliphatic heterocycles. The first-order valence-electron chi connectivity index (χ1n) is 8.75. The van der Waals surface area contributed by atoms with E-state index in [1.807, 2.05) is 21.7 Å². The van der Waals surface area contributed by atoms with Crippen molar-refractivity contribution >= 4 is 5.91 Å². The molecule has 4 heterocycles. The molecule has 2 saturated heterocycles. The summed E-state index contributed by atoms with van der Waals surface area (Å²) in [5.41, 5.74) is 2.31. The first-order valence-corrected chi connectivity index (χ1v) is 8.75.